The molecule has 0 bridgehead atoms. The molecule has 0 saturated carbocycles. The van der Waals surface area contributed by atoms with Crippen molar-refractivity contribution in [2.24, 2.45) is 0 Å². The molecule has 1 amide bonds. The zero-order valence-electron chi connectivity index (χ0n) is 14.1. The van der Waals surface area contributed by atoms with E-state index in [1.807, 2.05) is 18.2 Å². The first kappa shape index (κ1) is 16.9. The third kappa shape index (κ3) is 4.10. The molecule has 3 rings (SSSR count). The molecular weight excluding hydrogens is 318 g/mol. The molecule has 6 nitrogen and oxygen atoms in total. The van der Waals surface area contributed by atoms with E-state index in [-0.39, 0.29) is 12.3 Å². The Hall–Kier alpha value is -2.99. The van der Waals surface area contributed by atoms with Gasteiger partial charge in [0.05, 0.1) is 12.0 Å². The van der Waals surface area contributed by atoms with Gasteiger partial charge in [-0.2, -0.15) is 0 Å². The van der Waals surface area contributed by atoms with Gasteiger partial charge in [-0.05, 0) is 36.8 Å². The van der Waals surface area contributed by atoms with Gasteiger partial charge < -0.3 is 14.8 Å². The smallest absolute Gasteiger partial charge is 0.247 e. The maximum atomic E-state index is 12.2. The summed E-state index contributed by atoms with van der Waals surface area (Å²) >= 11 is 0. The standard InChI is InChI=1S/C19H19N3O3/c1-13-21-22-18(25-13)14-8-10-16(11-9-14)20-17(23)12-19(2,24)15-6-4-3-5-7-15/h3-11,24H,12H2,1-2H3,(H,20,23). The van der Waals surface area contributed by atoms with E-state index in [0.29, 0.717) is 23.0 Å². The number of nitrogens with zero attached hydrogens (tertiary/aromatic N) is 2. The van der Waals surface area contributed by atoms with Crippen molar-refractivity contribution in [3.05, 3.63) is 66.1 Å². The molecule has 2 N–H and O–H groups in total. The minimum Gasteiger partial charge on any atom is -0.421 e. The van der Waals surface area contributed by atoms with E-state index in [4.69, 9.17) is 4.42 Å². The molecule has 0 radical (unpaired) electrons. The van der Waals surface area contributed by atoms with Crippen LogP contribution in [0, 0.1) is 6.92 Å². The molecule has 6 heteroatoms. The molecule has 0 aliphatic rings. The van der Waals surface area contributed by atoms with E-state index in [9.17, 15) is 9.90 Å². The highest BCUT2D eigenvalue weighted by Gasteiger charge is 2.26. The summed E-state index contributed by atoms with van der Waals surface area (Å²) in [5.41, 5.74) is 0.878. The molecule has 1 heterocycles. The number of benzene rings is 2. The van der Waals surface area contributed by atoms with Crippen LogP contribution >= 0.6 is 0 Å². The third-order valence-corrected chi connectivity index (χ3v) is 3.84. The Balaban J connectivity index is 1.65. The Kier molecular flexibility index (Phi) is 4.63. The fraction of sp³-hybridized carbons (Fsp3) is 0.211. The van der Waals surface area contributed by atoms with E-state index >= 15 is 0 Å². The van der Waals surface area contributed by atoms with E-state index in [0.717, 1.165) is 5.56 Å². The zero-order valence-corrected chi connectivity index (χ0v) is 14.1. The van der Waals surface area contributed by atoms with Crippen LogP contribution in [0.5, 0.6) is 0 Å². The predicted molar refractivity (Wildman–Crippen MR) is 93.7 cm³/mol. The Morgan fingerprint density at radius 2 is 1.80 bits per heavy atom. The van der Waals surface area contributed by atoms with Gasteiger partial charge in [-0.1, -0.05) is 30.3 Å². The maximum absolute atomic E-state index is 12.2. The fourth-order valence-electron chi connectivity index (χ4n) is 2.53. The number of aryl methyl sites for hydroxylation is 1. The molecule has 128 valence electrons. The molecule has 0 fully saturated rings. The molecule has 1 atom stereocenters. The SMILES string of the molecule is Cc1nnc(-c2ccc(NC(=O)CC(C)(O)c3ccccc3)cc2)o1. The van der Waals surface area contributed by atoms with Crippen molar-refractivity contribution in [1.29, 1.82) is 0 Å². The number of aromatic nitrogens is 2. The number of anilines is 1. The van der Waals surface area contributed by atoms with Crippen LogP contribution in [-0.4, -0.2) is 21.2 Å². The van der Waals surface area contributed by atoms with Gasteiger partial charge in [0, 0.05) is 18.2 Å². The highest BCUT2D eigenvalue weighted by Crippen LogP contribution is 2.25. The second-order valence-corrected chi connectivity index (χ2v) is 6.07. The van der Waals surface area contributed by atoms with Crippen molar-refractivity contribution in [2.45, 2.75) is 25.9 Å². The Morgan fingerprint density at radius 1 is 1.12 bits per heavy atom. The number of nitrogens with one attached hydrogen (secondary N) is 1. The predicted octanol–water partition coefficient (Wildman–Crippen LogP) is 3.28. The van der Waals surface area contributed by atoms with Crippen molar-refractivity contribution in [3.8, 4) is 11.5 Å². The topological polar surface area (TPSA) is 88.2 Å². The van der Waals surface area contributed by atoms with Gasteiger partial charge >= 0.3 is 0 Å². The number of hydrogen-bond donors (Lipinski definition) is 2. The second kappa shape index (κ2) is 6.86. The van der Waals surface area contributed by atoms with E-state index in [1.165, 1.54) is 0 Å². The summed E-state index contributed by atoms with van der Waals surface area (Å²) in [7, 11) is 0. The van der Waals surface area contributed by atoms with Crippen LogP contribution in [0.15, 0.2) is 59.0 Å². The molecule has 25 heavy (non-hydrogen) atoms. The first-order chi connectivity index (χ1) is 11.9. The minimum atomic E-state index is -1.23. The molecule has 0 saturated heterocycles. The van der Waals surface area contributed by atoms with Crippen molar-refractivity contribution < 1.29 is 14.3 Å². The van der Waals surface area contributed by atoms with Crippen LogP contribution in [0.1, 0.15) is 24.8 Å². The monoisotopic (exact) mass is 337 g/mol. The Labute approximate surface area is 145 Å². The largest absolute Gasteiger partial charge is 0.421 e. The lowest BCUT2D eigenvalue weighted by Gasteiger charge is -2.23. The average molecular weight is 337 g/mol. The van der Waals surface area contributed by atoms with E-state index < -0.39 is 5.60 Å². The number of carbonyl (C=O) groups excluding carboxylic acids is 1. The third-order valence-electron chi connectivity index (χ3n) is 3.84. The summed E-state index contributed by atoms with van der Waals surface area (Å²) in [5, 5.41) is 21.1. The first-order valence-electron chi connectivity index (χ1n) is 7.92. The second-order valence-electron chi connectivity index (χ2n) is 6.07. The highest BCUT2D eigenvalue weighted by atomic mass is 16.4. The number of rotatable bonds is 5. The van der Waals surface area contributed by atoms with Gasteiger partial charge in [0.25, 0.3) is 0 Å². The summed E-state index contributed by atoms with van der Waals surface area (Å²) in [4.78, 5) is 12.2. The zero-order chi connectivity index (χ0) is 17.9. The van der Waals surface area contributed by atoms with Crippen molar-refractivity contribution in [2.75, 3.05) is 5.32 Å². The van der Waals surface area contributed by atoms with Gasteiger partial charge in [-0.3, -0.25) is 4.79 Å². The first-order valence-corrected chi connectivity index (χ1v) is 7.92. The van der Waals surface area contributed by atoms with Gasteiger partial charge in [0.1, 0.15) is 0 Å². The molecule has 2 aromatic carbocycles. The van der Waals surface area contributed by atoms with Gasteiger partial charge in [0.15, 0.2) is 0 Å². The molecule has 0 aliphatic heterocycles. The minimum absolute atomic E-state index is 0.0401. The molecule has 1 unspecified atom stereocenters. The summed E-state index contributed by atoms with van der Waals surface area (Å²) in [6, 6.07) is 16.2. The Morgan fingerprint density at radius 3 is 2.40 bits per heavy atom. The highest BCUT2D eigenvalue weighted by molar-refractivity contribution is 5.91. The van der Waals surface area contributed by atoms with Gasteiger partial charge in [-0.25, -0.2) is 0 Å². The van der Waals surface area contributed by atoms with E-state index in [2.05, 4.69) is 15.5 Å². The quantitative estimate of drug-likeness (QED) is 0.746. The fourth-order valence-corrected chi connectivity index (χ4v) is 2.53. The van der Waals surface area contributed by atoms with Crippen LogP contribution in [0.3, 0.4) is 0 Å². The molecular formula is C19H19N3O3. The lowest BCUT2D eigenvalue weighted by molar-refractivity contribution is -0.120. The molecule has 3 aromatic rings. The summed E-state index contributed by atoms with van der Waals surface area (Å²) in [6.45, 7) is 3.35. The summed E-state index contributed by atoms with van der Waals surface area (Å²) < 4.78 is 5.36. The van der Waals surface area contributed by atoms with Crippen molar-refractivity contribution in [3.63, 3.8) is 0 Å². The number of hydrogen-bond acceptors (Lipinski definition) is 5. The number of amides is 1. The van der Waals surface area contributed by atoms with Gasteiger partial charge in [-0.15, -0.1) is 10.2 Å². The summed E-state index contributed by atoms with van der Waals surface area (Å²) in [6.07, 6.45) is -0.0401. The van der Waals surface area contributed by atoms with Gasteiger partial charge in [0.2, 0.25) is 17.7 Å². The summed E-state index contributed by atoms with van der Waals surface area (Å²) in [5.74, 6) is 0.660. The average Bonchev–Trinajstić information content (AvgIpc) is 3.02. The van der Waals surface area contributed by atoms with Crippen LogP contribution in [0.25, 0.3) is 11.5 Å². The lowest BCUT2D eigenvalue weighted by atomic mass is 9.92. The van der Waals surface area contributed by atoms with Crippen molar-refractivity contribution >= 4 is 11.6 Å². The normalized spacial score (nSPS) is 13.2. The molecule has 0 spiro atoms. The number of carbonyl (C=O) groups is 1. The maximum Gasteiger partial charge on any atom is 0.247 e. The molecule has 1 aromatic heterocycles. The van der Waals surface area contributed by atoms with Crippen LogP contribution in [-0.2, 0) is 10.4 Å². The Bertz CT molecular complexity index is 855. The van der Waals surface area contributed by atoms with Crippen molar-refractivity contribution in [1.82, 2.24) is 10.2 Å². The lowest BCUT2D eigenvalue weighted by Crippen LogP contribution is -2.28. The number of aliphatic hydroxyl groups is 1. The van der Waals surface area contributed by atoms with E-state index in [1.54, 1.807) is 50.2 Å². The molecule has 0 aliphatic carbocycles. The van der Waals surface area contributed by atoms with Crippen LogP contribution in [0.2, 0.25) is 0 Å². The van der Waals surface area contributed by atoms with Crippen LogP contribution in [0.4, 0.5) is 5.69 Å². The van der Waals surface area contributed by atoms with Crippen LogP contribution < -0.4 is 5.32 Å².